The van der Waals surface area contributed by atoms with Crippen LogP contribution in [0.25, 0.3) is 11.2 Å². The number of anilines is 2. The molecule has 0 saturated carbocycles. The molecule has 0 amide bonds. The number of aromatic nitrogens is 4. The fraction of sp³-hybridized carbons (Fsp3) is 0.312. The van der Waals surface area contributed by atoms with Crippen LogP contribution in [0.3, 0.4) is 0 Å². The molecule has 7 nitrogen and oxygen atoms in total. The van der Waals surface area contributed by atoms with Gasteiger partial charge in [-0.15, -0.1) is 0 Å². The first-order chi connectivity index (χ1) is 11.0. The fourth-order valence-corrected chi connectivity index (χ4v) is 3.12. The van der Waals surface area contributed by atoms with Crippen LogP contribution < -0.4 is 16.1 Å². The fourth-order valence-electron chi connectivity index (χ4n) is 3.12. The molecular formula is C16H17N5O2. The summed E-state index contributed by atoms with van der Waals surface area (Å²) in [7, 11) is 3.14. The van der Waals surface area contributed by atoms with Crippen LogP contribution in [0.5, 0.6) is 0 Å². The van der Waals surface area contributed by atoms with Crippen molar-refractivity contribution in [2.24, 2.45) is 14.1 Å². The summed E-state index contributed by atoms with van der Waals surface area (Å²) in [5, 5.41) is 0. The first kappa shape index (κ1) is 13.8. The Labute approximate surface area is 132 Å². The average Bonchev–Trinajstić information content (AvgIpc) is 3.11. The summed E-state index contributed by atoms with van der Waals surface area (Å²) in [5.74, 6) is 0.710. The zero-order valence-corrected chi connectivity index (χ0v) is 13.3. The lowest BCUT2D eigenvalue weighted by molar-refractivity contribution is 0.700. The van der Waals surface area contributed by atoms with Crippen LogP contribution in [0.1, 0.15) is 5.56 Å². The minimum atomic E-state index is -0.360. The van der Waals surface area contributed by atoms with Crippen LogP contribution >= 0.6 is 0 Å². The zero-order chi connectivity index (χ0) is 16.3. The van der Waals surface area contributed by atoms with E-state index in [4.69, 9.17) is 0 Å². The van der Waals surface area contributed by atoms with Gasteiger partial charge in [0.25, 0.3) is 5.56 Å². The molecule has 3 heterocycles. The van der Waals surface area contributed by atoms with E-state index in [2.05, 4.69) is 22.0 Å². The summed E-state index contributed by atoms with van der Waals surface area (Å²) < 4.78 is 4.46. The molecule has 0 unspecified atom stereocenters. The number of nitrogens with zero attached hydrogens (tertiary/aromatic N) is 5. The summed E-state index contributed by atoms with van der Waals surface area (Å²) >= 11 is 0. The summed E-state index contributed by atoms with van der Waals surface area (Å²) in [5.41, 5.74) is 2.49. The number of fused-ring (bicyclic) bond motifs is 3. The molecule has 0 bridgehead atoms. The molecule has 23 heavy (non-hydrogen) atoms. The Kier molecular flexibility index (Phi) is 2.75. The maximum Gasteiger partial charge on any atom is 0.332 e. The Morgan fingerprint density at radius 2 is 1.70 bits per heavy atom. The summed E-state index contributed by atoms with van der Waals surface area (Å²) in [4.78, 5) is 31.2. The van der Waals surface area contributed by atoms with E-state index >= 15 is 0 Å². The van der Waals surface area contributed by atoms with Crippen molar-refractivity contribution in [3.05, 3.63) is 50.7 Å². The molecule has 0 aliphatic carbocycles. The van der Waals surface area contributed by atoms with Gasteiger partial charge in [-0.1, -0.05) is 17.7 Å². The van der Waals surface area contributed by atoms with E-state index in [1.807, 2.05) is 23.6 Å². The highest BCUT2D eigenvalue weighted by Gasteiger charge is 2.28. The lowest BCUT2D eigenvalue weighted by atomic mass is 10.2. The third kappa shape index (κ3) is 1.79. The Hall–Kier alpha value is -2.83. The zero-order valence-electron chi connectivity index (χ0n) is 13.3. The van der Waals surface area contributed by atoms with E-state index in [1.165, 1.54) is 17.2 Å². The predicted octanol–water partition coefficient (Wildman–Crippen LogP) is 0.894. The number of imidazole rings is 1. The van der Waals surface area contributed by atoms with E-state index in [0.29, 0.717) is 23.7 Å². The quantitative estimate of drug-likeness (QED) is 0.669. The highest BCUT2D eigenvalue weighted by molar-refractivity contribution is 5.77. The maximum absolute atomic E-state index is 12.5. The maximum atomic E-state index is 12.5. The molecule has 7 heteroatoms. The molecule has 0 radical (unpaired) electrons. The number of hydrogen-bond donors (Lipinski definition) is 0. The van der Waals surface area contributed by atoms with Crippen LogP contribution in [0.4, 0.5) is 11.6 Å². The molecule has 1 aliphatic heterocycles. The molecule has 1 aromatic carbocycles. The van der Waals surface area contributed by atoms with Crippen LogP contribution in [0.15, 0.2) is 33.9 Å². The van der Waals surface area contributed by atoms with Gasteiger partial charge in [0, 0.05) is 32.9 Å². The highest BCUT2D eigenvalue weighted by atomic mass is 16.2. The van der Waals surface area contributed by atoms with Crippen LogP contribution in [-0.4, -0.2) is 25.2 Å². The van der Waals surface area contributed by atoms with Gasteiger partial charge in [-0.3, -0.25) is 13.9 Å². The van der Waals surface area contributed by atoms with Gasteiger partial charge in [0.2, 0.25) is 5.95 Å². The molecule has 0 atom stereocenters. The van der Waals surface area contributed by atoms with Gasteiger partial charge in [0.05, 0.1) is 0 Å². The molecular weight excluding hydrogens is 294 g/mol. The van der Waals surface area contributed by atoms with E-state index in [1.54, 1.807) is 7.05 Å². The Morgan fingerprint density at radius 3 is 2.39 bits per heavy atom. The second kappa shape index (κ2) is 4.58. The van der Waals surface area contributed by atoms with Crippen molar-refractivity contribution >= 4 is 22.8 Å². The molecule has 0 fully saturated rings. The lowest BCUT2D eigenvalue weighted by Crippen LogP contribution is -2.37. The largest absolute Gasteiger partial charge is 0.332 e. The summed E-state index contributed by atoms with van der Waals surface area (Å²) in [6, 6.07) is 8.19. The van der Waals surface area contributed by atoms with Gasteiger partial charge in [0.15, 0.2) is 11.2 Å². The number of aryl methyl sites for hydroxylation is 2. The third-order valence-electron chi connectivity index (χ3n) is 4.46. The number of rotatable bonds is 1. The summed E-state index contributed by atoms with van der Waals surface area (Å²) in [6.07, 6.45) is 0. The van der Waals surface area contributed by atoms with Crippen molar-refractivity contribution in [3.8, 4) is 0 Å². The molecule has 2 aromatic heterocycles. The number of hydrogen-bond acceptors (Lipinski definition) is 4. The smallest absolute Gasteiger partial charge is 0.310 e. The van der Waals surface area contributed by atoms with E-state index in [0.717, 1.165) is 16.8 Å². The Bertz CT molecular complexity index is 1040. The Morgan fingerprint density at radius 1 is 1.00 bits per heavy atom. The van der Waals surface area contributed by atoms with Gasteiger partial charge in [-0.2, -0.15) is 4.98 Å². The van der Waals surface area contributed by atoms with Crippen molar-refractivity contribution in [2.75, 3.05) is 11.4 Å². The van der Waals surface area contributed by atoms with Crippen LogP contribution in [-0.2, 0) is 20.6 Å². The van der Waals surface area contributed by atoms with Gasteiger partial charge in [-0.25, -0.2) is 4.79 Å². The molecule has 4 rings (SSSR count). The van der Waals surface area contributed by atoms with Crippen molar-refractivity contribution in [1.29, 1.82) is 0 Å². The molecule has 1 aliphatic rings. The minimum Gasteiger partial charge on any atom is -0.310 e. The Balaban J connectivity index is 1.99. The van der Waals surface area contributed by atoms with Crippen LogP contribution in [0.2, 0.25) is 0 Å². The standard InChI is InChI=1S/C16H17N5O2/c1-10-4-6-11(7-5-10)20-8-9-21-12-13(17-15(20)21)18(2)16(23)19(3)14(12)22/h4-7H,8-9H2,1-3H3. The minimum absolute atomic E-state index is 0.299. The first-order valence-electron chi connectivity index (χ1n) is 7.49. The molecule has 118 valence electrons. The number of benzene rings is 1. The monoisotopic (exact) mass is 311 g/mol. The van der Waals surface area contributed by atoms with E-state index in [9.17, 15) is 9.59 Å². The van der Waals surface area contributed by atoms with Gasteiger partial charge in [0.1, 0.15) is 0 Å². The SMILES string of the molecule is Cc1ccc(N2CCn3c2nc2c3c(=O)n(C)c(=O)n2C)cc1. The molecule has 0 N–H and O–H groups in total. The van der Waals surface area contributed by atoms with Crippen molar-refractivity contribution in [3.63, 3.8) is 0 Å². The van der Waals surface area contributed by atoms with Crippen molar-refractivity contribution < 1.29 is 0 Å². The molecule has 0 spiro atoms. The van der Waals surface area contributed by atoms with Crippen molar-refractivity contribution in [2.45, 2.75) is 13.5 Å². The first-order valence-corrected chi connectivity index (χ1v) is 7.49. The second-order valence-electron chi connectivity index (χ2n) is 5.93. The van der Waals surface area contributed by atoms with Gasteiger partial charge in [-0.05, 0) is 19.1 Å². The second-order valence-corrected chi connectivity index (χ2v) is 5.93. The van der Waals surface area contributed by atoms with Gasteiger partial charge < -0.3 is 9.47 Å². The highest BCUT2D eigenvalue weighted by Crippen LogP contribution is 2.31. The van der Waals surface area contributed by atoms with E-state index < -0.39 is 0 Å². The lowest BCUT2D eigenvalue weighted by Gasteiger charge is -2.16. The predicted molar refractivity (Wildman–Crippen MR) is 88.4 cm³/mol. The average molecular weight is 311 g/mol. The normalized spacial score (nSPS) is 13.8. The van der Waals surface area contributed by atoms with Crippen molar-refractivity contribution in [1.82, 2.24) is 18.7 Å². The van der Waals surface area contributed by atoms with Gasteiger partial charge >= 0.3 is 5.69 Å². The third-order valence-corrected chi connectivity index (χ3v) is 4.46. The van der Waals surface area contributed by atoms with Crippen LogP contribution in [0, 0.1) is 6.92 Å². The molecule has 3 aromatic rings. The topological polar surface area (TPSA) is 65.1 Å². The van der Waals surface area contributed by atoms with E-state index in [-0.39, 0.29) is 11.2 Å². The summed E-state index contributed by atoms with van der Waals surface area (Å²) in [6.45, 7) is 3.48. The molecule has 0 saturated heterocycles.